The highest BCUT2D eigenvalue weighted by molar-refractivity contribution is 7.89. The van der Waals surface area contributed by atoms with Crippen molar-refractivity contribution in [1.82, 2.24) is 4.31 Å². The topological polar surface area (TPSA) is 98.9 Å². The smallest absolute Gasteiger partial charge is 0.243 e. The zero-order valence-corrected chi connectivity index (χ0v) is 15.5. The van der Waals surface area contributed by atoms with Crippen molar-refractivity contribution in [2.75, 3.05) is 27.3 Å². The average Bonchev–Trinajstić information content (AvgIpc) is 2.64. The number of amides is 1. The number of nitrogens with zero attached hydrogens (tertiary/aromatic N) is 1. The lowest BCUT2D eigenvalue weighted by Crippen LogP contribution is -2.39. The summed E-state index contributed by atoms with van der Waals surface area (Å²) in [6.45, 7) is -0.271. The second-order valence-electron chi connectivity index (χ2n) is 5.56. The monoisotopic (exact) mass is 378 g/mol. The lowest BCUT2D eigenvalue weighted by Gasteiger charge is -2.21. The van der Waals surface area contributed by atoms with Gasteiger partial charge in [0.15, 0.2) is 11.5 Å². The molecule has 0 radical (unpaired) electrons. The van der Waals surface area contributed by atoms with Crippen LogP contribution in [0.25, 0.3) is 0 Å². The van der Waals surface area contributed by atoms with Gasteiger partial charge in [-0.1, -0.05) is 30.3 Å². The third kappa shape index (κ3) is 4.74. The number of carbonyl (C=O) groups excluding carboxylic acids is 1. The highest BCUT2D eigenvalue weighted by Gasteiger charge is 2.27. The molecule has 2 aromatic rings. The van der Waals surface area contributed by atoms with Crippen LogP contribution in [0.3, 0.4) is 0 Å². The Balaban J connectivity index is 2.31. The van der Waals surface area contributed by atoms with Crippen LogP contribution in [0.5, 0.6) is 11.5 Å². The van der Waals surface area contributed by atoms with Gasteiger partial charge in [-0.25, -0.2) is 8.42 Å². The number of hydrogen-bond donors (Lipinski definition) is 1. The maximum atomic E-state index is 13.0. The first-order chi connectivity index (χ1) is 12.4. The van der Waals surface area contributed by atoms with Crippen molar-refractivity contribution in [2.45, 2.75) is 11.3 Å². The number of nitrogens with two attached hydrogens (primary N) is 1. The zero-order chi connectivity index (χ0) is 19.2. The molecule has 0 aromatic heterocycles. The third-order valence-corrected chi connectivity index (χ3v) is 5.66. The van der Waals surface area contributed by atoms with Crippen LogP contribution in [0.1, 0.15) is 5.56 Å². The normalized spacial score (nSPS) is 11.3. The molecule has 2 rings (SSSR count). The maximum absolute atomic E-state index is 13.0. The van der Waals surface area contributed by atoms with Gasteiger partial charge in [-0.3, -0.25) is 4.79 Å². The molecule has 0 aliphatic carbocycles. The first kappa shape index (κ1) is 19.7. The Hall–Kier alpha value is -2.58. The van der Waals surface area contributed by atoms with Gasteiger partial charge in [0.2, 0.25) is 15.9 Å². The van der Waals surface area contributed by atoms with E-state index in [1.807, 2.05) is 30.3 Å². The summed E-state index contributed by atoms with van der Waals surface area (Å²) in [6, 6.07) is 13.7. The Kier molecular flexibility index (Phi) is 6.59. The molecule has 1 amide bonds. The largest absolute Gasteiger partial charge is 0.493 e. The second kappa shape index (κ2) is 8.68. The molecule has 8 heteroatoms. The Bertz CT molecular complexity index is 853. The molecule has 0 fully saturated rings. The molecule has 0 heterocycles. The first-order valence-corrected chi connectivity index (χ1v) is 9.37. The summed E-state index contributed by atoms with van der Waals surface area (Å²) in [5.41, 5.74) is 6.21. The molecule has 0 aliphatic rings. The van der Waals surface area contributed by atoms with Gasteiger partial charge in [0.05, 0.1) is 25.7 Å². The van der Waals surface area contributed by atoms with E-state index < -0.39 is 22.5 Å². The fourth-order valence-electron chi connectivity index (χ4n) is 2.48. The quantitative estimate of drug-likeness (QED) is 0.711. The van der Waals surface area contributed by atoms with Crippen LogP contribution in [-0.2, 0) is 21.2 Å². The van der Waals surface area contributed by atoms with Crippen molar-refractivity contribution in [2.24, 2.45) is 5.73 Å². The van der Waals surface area contributed by atoms with Gasteiger partial charge in [0.25, 0.3) is 0 Å². The number of hydrogen-bond acceptors (Lipinski definition) is 5. The minimum absolute atomic E-state index is 0.00413. The van der Waals surface area contributed by atoms with Gasteiger partial charge < -0.3 is 15.2 Å². The number of sulfonamides is 1. The van der Waals surface area contributed by atoms with E-state index in [0.29, 0.717) is 12.2 Å². The minimum atomic E-state index is -3.93. The van der Waals surface area contributed by atoms with Crippen LogP contribution < -0.4 is 15.2 Å². The summed E-state index contributed by atoms with van der Waals surface area (Å²) < 4.78 is 37.3. The Labute approximate surface area is 153 Å². The standard InChI is InChI=1S/C18H22N2O5S/c1-24-16-9-8-15(12-17(16)25-2)26(22,23)20(13-18(19)21)11-10-14-6-4-3-5-7-14/h3-9,12H,10-11,13H2,1-2H3,(H2,19,21). The van der Waals surface area contributed by atoms with Gasteiger partial charge in [0, 0.05) is 12.6 Å². The Morgan fingerprint density at radius 1 is 1.04 bits per heavy atom. The number of rotatable bonds is 9. The molecule has 0 aliphatic heterocycles. The van der Waals surface area contributed by atoms with Gasteiger partial charge in [-0.2, -0.15) is 4.31 Å². The molecule has 0 saturated carbocycles. The van der Waals surface area contributed by atoms with Gasteiger partial charge >= 0.3 is 0 Å². The zero-order valence-electron chi connectivity index (χ0n) is 14.7. The highest BCUT2D eigenvalue weighted by atomic mass is 32.2. The summed E-state index contributed by atoms with van der Waals surface area (Å²) in [6.07, 6.45) is 0.459. The lowest BCUT2D eigenvalue weighted by atomic mass is 10.1. The molecule has 0 spiro atoms. The number of ether oxygens (including phenoxy) is 2. The molecule has 0 unspecified atom stereocenters. The molecule has 7 nitrogen and oxygen atoms in total. The van der Waals surface area contributed by atoms with Crippen molar-refractivity contribution < 1.29 is 22.7 Å². The van der Waals surface area contributed by atoms with E-state index in [1.165, 1.54) is 32.4 Å². The van der Waals surface area contributed by atoms with Gasteiger partial charge in [0.1, 0.15) is 0 Å². The maximum Gasteiger partial charge on any atom is 0.243 e. The molecular formula is C18H22N2O5S. The lowest BCUT2D eigenvalue weighted by molar-refractivity contribution is -0.118. The van der Waals surface area contributed by atoms with E-state index in [1.54, 1.807) is 0 Å². The summed E-state index contributed by atoms with van der Waals surface area (Å²) in [7, 11) is -1.04. The number of methoxy groups -OCH3 is 2. The summed E-state index contributed by atoms with van der Waals surface area (Å²) in [5, 5.41) is 0. The van der Waals surface area contributed by atoms with Crippen molar-refractivity contribution in [3.8, 4) is 11.5 Å². The van der Waals surface area contributed by atoms with E-state index in [9.17, 15) is 13.2 Å². The summed E-state index contributed by atoms with van der Waals surface area (Å²) >= 11 is 0. The average molecular weight is 378 g/mol. The molecule has 140 valence electrons. The number of carbonyl (C=O) groups is 1. The van der Waals surface area contributed by atoms with Crippen LogP contribution >= 0.6 is 0 Å². The highest BCUT2D eigenvalue weighted by Crippen LogP contribution is 2.30. The van der Waals surface area contributed by atoms with Crippen LogP contribution in [0.2, 0.25) is 0 Å². The van der Waals surface area contributed by atoms with Crippen LogP contribution in [-0.4, -0.2) is 45.9 Å². The fourth-order valence-corrected chi connectivity index (χ4v) is 3.91. The van der Waals surface area contributed by atoms with E-state index in [2.05, 4.69) is 0 Å². The molecular weight excluding hydrogens is 356 g/mol. The second-order valence-corrected chi connectivity index (χ2v) is 7.50. The predicted molar refractivity (Wildman–Crippen MR) is 97.6 cm³/mol. The third-order valence-electron chi connectivity index (χ3n) is 3.82. The Morgan fingerprint density at radius 3 is 2.27 bits per heavy atom. The summed E-state index contributed by atoms with van der Waals surface area (Å²) in [4.78, 5) is 11.4. The van der Waals surface area contributed by atoms with Crippen molar-refractivity contribution in [3.05, 3.63) is 54.1 Å². The molecule has 26 heavy (non-hydrogen) atoms. The van der Waals surface area contributed by atoms with E-state index >= 15 is 0 Å². The van der Waals surface area contributed by atoms with E-state index in [4.69, 9.17) is 15.2 Å². The van der Waals surface area contributed by atoms with Crippen molar-refractivity contribution in [1.29, 1.82) is 0 Å². The fraction of sp³-hybridized carbons (Fsp3) is 0.278. The van der Waals surface area contributed by atoms with Gasteiger partial charge in [-0.05, 0) is 24.1 Å². The van der Waals surface area contributed by atoms with Crippen molar-refractivity contribution in [3.63, 3.8) is 0 Å². The Morgan fingerprint density at radius 2 is 1.69 bits per heavy atom. The van der Waals surface area contributed by atoms with Crippen LogP contribution in [0.15, 0.2) is 53.4 Å². The van der Waals surface area contributed by atoms with Crippen LogP contribution in [0, 0.1) is 0 Å². The molecule has 0 bridgehead atoms. The SMILES string of the molecule is COc1ccc(S(=O)(=O)N(CCc2ccccc2)CC(N)=O)cc1OC. The molecule has 0 saturated heterocycles. The molecule has 2 aromatic carbocycles. The van der Waals surface area contributed by atoms with E-state index in [-0.39, 0.29) is 17.2 Å². The van der Waals surface area contributed by atoms with Crippen molar-refractivity contribution >= 4 is 15.9 Å². The number of benzene rings is 2. The minimum Gasteiger partial charge on any atom is -0.493 e. The first-order valence-electron chi connectivity index (χ1n) is 7.93. The summed E-state index contributed by atoms with van der Waals surface area (Å²) in [5.74, 6) is -0.0186. The molecule has 0 atom stereocenters. The molecule has 2 N–H and O–H groups in total. The van der Waals surface area contributed by atoms with E-state index in [0.717, 1.165) is 9.87 Å². The van der Waals surface area contributed by atoms with Gasteiger partial charge in [-0.15, -0.1) is 0 Å². The van der Waals surface area contributed by atoms with Crippen LogP contribution in [0.4, 0.5) is 0 Å². The predicted octanol–water partition coefficient (Wildman–Crippen LogP) is 1.42. The number of primary amides is 1.